The monoisotopic (exact) mass is 178 g/mol. The molecule has 0 amide bonds. The molecule has 0 fully saturated rings. The third-order valence-corrected chi connectivity index (χ3v) is 2.26. The molecule has 1 atom stereocenters. The fourth-order valence-electron chi connectivity index (χ4n) is 1.63. The van der Waals surface area contributed by atoms with Crippen LogP contribution in [-0.4, -0.2) is 24.2 Å². The molecule has 2 rings (SSSR count). The highest BCUT2D eigenvalue weighted by Gasteiger charge is 2.19. The summed E-state index contributed by atoms with van der Waals surface area (Å²) in [5, 5.41) is 3.38. The number of ether oxygens (including phenoxy) is 1. The normalized spacial score (nSPS) is 19.6. The van der Waals surface area contributed by atoms with E-state index in [2.05, 4.69) is 16.4 Å². The van der Waals surface area contributed by atoms with E-state index in [1.54, 1.807) is 0 Å². The molecule has 1 aromatic heterocycles. The van der Waals surface area contributed by atoms with Crippen molar-refractivity contribution in [1.29, 1.82) is 0 Å². The number of hydrogen-bond acceptors (Lipinski definition) is 3. The molecule has 3 heteroatoms. The third kappa shape index (κ3) is 1.80. The molecule has 70 valence electrons. The summed E-state index contributed by atoms with van der Waals surface area (Å²) in [6.07, 6.45) is 4.77. The Bertz CT molecular complexity index is 263. The van der Waals surface area contributed by atoms with Crippen LogP contribution >= 0.6 is 0 Å². The van der Waals surface area contributed by atoms with Crippen molar-refractivity contribution < 1.29 is 4.74 Å². The van der Waals surface area contributed by atoms with Gasteiger partial charge in [0.15, 0.2) is 0 Å². The van der Waals surface area contributed by atoms with Crippen molar-refractivity contribution in [2.75, 3.05) is 18.5 Å². The van der Waals surface area contributed by atoms with Crippen LogP contribution in [0, 0.1) is 0 Å². The molecule has 1 N–H and O–H groups in total. The minimum absolute atomic E-state index is 0.430. The topological polar surface area (TPSA) is 34.1 Å². The van der Waals surface area contributed by atoms with Gasteiger partial charge >= 0.3 is 0 Å². The summed E-state index contributed by atoms with van der Waals surface area (Å²) in [6.45, 7) is 3.58. The van der Waals surface area contributed by atoms with E-state index >= 15 is 0 Å². The number of hydrogen-bond donors (Lipinski definition) is 1. The van der Waals surface area contributed by atoms with Gasteiger partial charge in [-0.25, -0.2) is 0 Å². The van der Waals surface area contributed by atoms with Crippen molar-refractivity contribution >= 4 is 5.69 Å². The first-order valence-electron chi connectivity index (χ1n) is 4.67. The molecule has 2 heterocycles. The summed E-state index contributed by atoms with van der Waals surface area (Å²) in [5.41, 5.74) is 2.51. The van der Waals surface area contributed by atoms with Crippen molar-refractivity contribution in [3.05, 3.63) is 24.0 Å². The fraction of sp³-hybridized carbons (Fsp3) is 0.500. The molecular weight excluding hydrogens is 164 g/mol. The summed E-state index contributed by atoms with van der Waals surface area (Å²) in [7, 11) is 0. The zero-order valence-electron chi connectivity index (χ0n) is 7.79. The summed E-state index contributed by atoms with van der Waals surface area (Å²) < 4.78 is 5.37. The SMILES string of the molecule is CCOCC1Cc2ccncc2N1. The maximum atomic E-state index is 5.37. The lowest BCUT2D eigenvalue weighted by Crippen LogP contribution is -2.22. The Labute approximate surface area is 78.1 Å². The third-order valence-electron chi connectivity index (χ3n) is 2.26. The second-order valence-corrected chi connectivity index (χ2v) is 3.24. The van der Waals surface area contributed by atoms with E-state index in [1.165, 1.54) is 5.56 Å². The van der Waals surface area contributed by atoms with Crippen LogP contribution in [0.3, 0.4) is 0 Å². The average Bonchev–Trinajstić information content (AvgIpc) is 2.57. The molecule has 0 aromatic carbocycles. The van der Waals surface area contributed by atoms with Crippen molar-refractivity contribution in [1.82, 2.24) is 4.98 Å². The second kappa shape index (κ2) is 3.75. The van der Waals surface area contributed by atoms with Crippen LogP contribution in [0.2, 0.25) is 0 Å². The molecule has 1 aliphatic heterocycles. The Morgan fingerprint density at radius 2 is 2.62 bits per heavy atom. The maximum absolute atomic E-state index is 5.37. The van der Waals surface area contributed by atoms with E-state index in [1.807, 2.05) is 19.3 Å². The smallest absolute Gasteiger partial charge is 0.0670 e. The lowest BCUT2D eigenvalue weighted by Gasteiger charge is -2.09. The number of aromatic nitrogens is 1. The summed E-state index contributed by atoms with van der Waals surface area (Å²) in [5.74, 6) is 0. The predicted molar refractivity (Wildman–Crippen MR) is 51.8 cm³/mol. The average molecular weight is 178 g/mol. The highest BCUT2D eigenvalue weighted by atomic mass is 16.5. The van der Waals surface area contributed by atoms with Crippen LogP contribution in [0.25, 0.3) is 0 Å². The Balaban J connectivity index is 1.97. The lowest BCUT2D eigenvalue weighted by molar-refractivity contribution is 0.139. The van der Waals surface area contributed by atoms with Crippen LogP contribution < -0.4 is 5.32 Å². The zero-order valence-corrected chi connectivity index (χ0v) is 7.79. The van der Waals surface area contributed by atoms with Gasteiger partial charge < -0.3 is 10.1 Å². The summed E-state index contributed by atoms with van der Waals surface area (Å²) in [4.78, 5) is 4.07. The fourth-order valence-corrected chi connectivity index (χ4v) is 1.63. The van der Waals surface area contributed by atoms with E-state index in [-0.39, 0.29) is 0 Å². The quantitative estimate of drug-likeness (QED) is 0.760. The molecule has 0 aliphatic carbocycles. The lowest BCUT2D eigenvalue weighted by atomic mass is 10.1. The van der Waals surface area contributed by atoms with Gasteiger partial charge in [0.1, 0.15) is 0 Å². The number of anilines is 1. The maximum Gasteiger partial charge on any atom is 0.0670 e. The second-order valence-electron chi connectivity index (χ2n) is 3.24. The van der Waals surface area contributed by atoms with Gasteiger partial charge in [0.05, 0.1) is 24.5 Å². The van der Waals surface area contributed by atoms with Gasteiger partial charge in [0.2, 0.25) is 0 Å². The highest BCUT2D eigenvalue weighted by molar-refractivity contribution is 5.54. The number of pyridine rings is 1. The molecule has 1 aromatic rings. The molecular formula is C10H14N2O. The van der Waals surface area contributed by atoms with E-state index in [9.17, 15) is 0 Å². The molecule has 1 unspecified atom stereocenters. The predicted octanol–water partition coefficient (Wildman–Crippen LogP) is 1.45. The molecule has 0 spiro atoms. The number of nitrogens with zero attached hydrogens (tertiary/aromatic N) is 1. The number of fused-ring (bicyclic) bond motifs is 1. The number of rotatable bonds is 3. The van der Waals surface area contributed by atoms with E-state index < -0.39 is 0 Å². The van der Waals surface area contributed by atoms with Crippen LogP contribution in [0.5, 0.6) is 0 Å². The minimum atomic E-state index is 0.430. The Hall–Kier alpha value is -1.09. The Kier molecular flexibility index (Phi) is 2.45. The summed E-state index contributed by atoms with van der Waals surface area (Å²) >= 11 is 0. The molecule has 13 heavy (non-hydrogen) atoms. The molecule has 0 bridgehead atoms. The van der Waals surface area contributed by atoms with Crippen LogP contribution in [-0.2, 0) is 11.2 Å². The number of nitrogens with one attached hydrogen (secondary N) is 1. The largest absolute Gasteiger partial charge is 0.380 e. The Morgan fingerprint density at radius 3 is 3.38 bits per heavy atom. The van der Waals surface area contributed by atoms with Gasteiger partial charge in [-0.3, -0.25) is 4.98 Å². The first-order valence-corrected chi connectivity index (χ1v) is 4.67. The minimum Gasteiger partial charge on any atom is -0.380 e. The van der Waals surface area contributed by atoms with Crippen LogP contribution in [0.4, 0.5) is 5.69 Å². The van der Waals surface area contributed by atoms with Gasteiger partial charge in [0, 0.05) is 12.8 Å². The first kappa shape index (κ1) is 8.51. The van der Waals surface area contributed by atoms with Crippen molar-refractivity contribution in [2.45, 2.75) is 19.4 Å². The molecule has 3 nitrogen and oxygen atoms in total. The van der Waals surface area contributed by atoms with Crippen LogP contribution in [0.15, 0.2) is 18.5 Å². The standard InChI is InChI=1S/C10H14N2O/c1-2-13-7-9-5-8-3-4-11-6-10(8)12-9/h3-4,6,9,12H,2,5,7H2,1H3. The van der Waals surface area contributed by atoms with Gasteiger partial charge in [0.25, 0.3) is 0 Å². The first-order chi connectivity index (χ1) is 6.40. The Morgan fingerprint density at radius 1 is 1.69 bits per heavy atom. The van der Waals surface area contributed by atoms with E-state index in [4.69, 9.17) is 4.74 Å². The summed E-state index contributed by atoms with van der Waals surface area (Å²) in [6, 6.07) is 2.49. The van der Waals surface area contributed by atoms with Gasteiger partial charge in [-0.15, -0.1) is 0 Å². The zero-order chi connectivity index (χ0) is 9.10. The van der Waals surface area contributed by atoms with Crippen LogP contribution in [0.1, 0.15) is 12.5 Å². The highest BCUT2D eigenvalue weighted by Crippen LogP contribution is 2.23. The molecule has 0 saturated carbocycles. The van der Waals surface area contributed by atoms with Crippen molar-refractivity contribution in [3.63, 3.8) is 0 Å². The molecule has 1 aliphatic rings. The van der Waals surface area contributed by atoms with Crippen molar-refractivity contribution in [2.24, 2.45) is 0 Å². The molecule has 0 radical (unpaired) electrons. The molecule has 0 saturated heterocycles. The van der Waals surface area contributed by atoms with Crippen molar-refractivity contribution in [3.8, 4) is 0 Å². The van der Waals surface area contributed by atoms with Gasteiger partial charge in [-0.05, 0) is 25.0 Å². The van der Waals surface area contributed by atoms with E-state index in [0.29, 0.717) is 6.04 Å². The van der Waals surface area contributed by atoms with E-state index in [0.717, 1.165) is 25.3 Å². The van der Waals surface area contributed by atoms with Gasteiger partial charge in [-0.1, -0.05) is 0 Å². The van der Waals surface area contributed by atoms with Gasteiger partial charge in [-0.2, -0.15) is 0 Å².